The predicted molar refractivity (Wildman–Crippen MR) is 121 cm³/mol. The van der Waals surface area contributed by atoms with Gasteiger partial charge >= 0.3 is 0 Å². The van der Waals surface area contributed by atoms with Crippen LogP contribution in [0.15, 0.2) is 40.5 Å². The molecule has 0 saturated carbocycles. The summed E-state index contributed by atoms with van der Waals surface area (Å²) in [6, 6.07) is 9.11. The fourth-order valence-corrected chi connectivity index (χ4v) is 4.16. The highest BCUT2D eigenvalue weighted by Gasteiger charge is 2.37. The molecule has 0 heterocycles. The monoisotopic (exact) mass is 392 g/mol. The molecule has 0 spiro atoms. The Morgan fingerprint density at radius 2 is 1.62 bits per heavy atom. The van der Waals surface area contributed by atoms with Gasteiger partial charge in [-0.3, -0.25) is 0 Å². The second-order valence-electron chi connectivity index (χ2n) is 9.35. The standard InChI is InChI=1S/C25H32N2O2/c1-7-17-12-21-22(25(5,6)11-10-24(21,3)4)14-20(17)16(2)27-26-15-18-8-9-19(28)13-23(18)29/h8-9,12-15,28-29H,7,10-11H2,1-6H3/b26-15+,27-16+. The van der Waals surface area contributed by atoms with E-state index < -0.39 is 0 Å². The van der Waals surface area contributed by atoms with E-state index in [4.69, 9.17) is 0 Å². The lowest BCUT2D eigenvalue weighted by atomic mass is 9.62. The summed E-state index contributed by atoms with van der Waals surface area (Å²) in [4.78, 5) is 0. The smallest absolute Gasteiger partial charge is 0.128 e. The Morgan fingerprint density at radius 1 is 1.00 bits per heavy atom. The van der Waals surface area contributed by atoms with Crippen LogP contribution in [0, 0.1) is 0 Å². The van der Waals surface area contributed by atoms with Crippen molar-refractivity contribution < 1.29 is 10.2 Å². The first-order valence-electron chi connectivity index (χ1n) is 10.3. The Hall–Kier alpha value is -2.62. The van der Waals surface area contributed by atoms with Gasteiger partial charge in [0.1, 0.15) is 11.5 Å². The van der Waals surface area contributed by atoms with Gasteiger partial charge in [-0.1, -0.05) is 40.7 Å². The number of fused-ring (bicyclic) bond motifs is 1. The van der Waals surface area contributed by atoms with E-state index in [9.17, 15) is 10.2 Å². The van der Waals surface area contributed by atoms with Gasteiger partial charge in [-0.05, 0) is 71.9 Å². The number of aromatic hydroxyl groups is 2. The molecule has 1 aliphatic carbocycles. The molecule has 4 nitrogen and oxygen atoms in total. The number of hydrogen-bond acceptors (Lipinski definition) is 4. The van der Waals surface area contributed by atoms with Crippen LogP contribution in [0.4, 0.5) is 0 Å². The van der Waals surface area contributed by atoms with Gasteiger partial charge in [-0.25, -0.2) is 0 Å². The molecule has 0 unspecified atom stereocenters. The first-order chi connectivity index (χ1) is 13.5. The normalized spacial score (nSPS) is 18.1. The minimum Gasteiger partial charge on any atom is -0.508 e. The van der Waals surface area contributed by atoms with E-state index in [0.29, 0.717) is 5.56 Å². The minimum absolute atomic E-state index is 0.0198. The summed E-state index contributed by atoms with van der Waals surface area (Å²) in [6.07, 6.45) is 4.82. The minimum atomic E-state index is -0.0198. The molecule has 2 aromatic carbocycles. The number of nitrogens with zero attached hydrogens (tertiary/aromatic N) is 2. The summed E-state index contributed by atoms with van der Waals surface area (Å²) >= 11 is 0. The number of phenolic OH excluding ortho intramolecular Hbond substituents is 2. The maximum atomic E-state index is 9.90. The molecule has 0 fully saturated rings. The van der Waals surface area contributed by atoms with Crippen molar-refractivity contribution in [2.75, 3.05) is 0 Å². The third-order valence-corrected chi connectivity index (χ3v) is 6.27. The molecule has 2 N–H and O–H groups in total. The van der Waals surface area contributed by atoms with Crippen molar-refractivity contribution >= 4 is 11.9 Å². The fraction of sp³-hybridized carbons (Fsp3) is 0.440. The van der Waals surface area contributed by atoms with Crippen LogP contribution in [-0.4, -0.2) is 22.1 Å². The van der Waals surface area contributed by atoms with Gasteiger partial charge in [0.2, 0.25) is 0 Å². The fourth-order valence-electron chi connectivity index (χ4n) is 4.16. The lowest BCUT2D eigenvalue weighted by Gasteiger charge is -2.42. The molecule has 29 heavy (non-hydrogen) atoms. The molecule has 0 saturated heterocycles. The molecule has 0 atom stereocenters. The zero-order valence-electron chi connectivity index (χ0n) is 18.4. The van der Waals surface area contributed by atoms with Crippen molar-refractivity contribution in [2.24, 2.45) is 10.2 Å². The van der Waals surface area contributed by atoms with Crippen LogP contribution in [-0.2, 0) is 17.3 Å². The first-order valence-corrected chi connectivity index (χ1v) is 10.3. The van der Waals surface area contributed by atoms with Gasteiger partial charge in [0.15, 0.2) is 0 Å². The third kappa shape index (κ3) is 4.21. The summed E-state index contributed by atoms with van der Waals surface area (Å²) in [6.45, 7) is 13.5. The second-order valence-corrected chi connectivity index (χ2v) is 9.35. The van der Waals surface area contributed by atoms with Gasteiger partial charge in [0.05, 0.1) is 11.9 Å². The van der Waals surface area contributed by atoms with E-state index in [1.54, 1.807) is 6.07 Å². The summed E-state index contributed by atoms with van der Waals surface area (Å²) in [5.74, 6) is 0.000120. The number of rotatable bonds is 4. The van der Waals surface area contributed by atoms with Gasteiger partial charge in [-0.15, -0.1) is 0 Å². The lowest BCUT2D eigenvalue weighted by Crippen LogP contribution is -2.34. The number of hydrogen-bond donors (Lipinski definition) is 2. The highest BCUT2D eigenvalue weighted by Crippen LogP contribution is 2.46. The maximum Gasteiger partial charge on any atom is 0.128 e. The zero-order chi connectivity index (χ0) is 21.4. The Balaban J connectivity index is 2.01. The van der Waals surface area contributed by atoms with Crippen molar-refractivity contribution in [3.05, 3.63) is 58.1 Å². The highest BCUT2D eigenvalue weighted by molar-refractivity contribution is 6.00. The lowest BCUT2D eigenvalue weighted by molar-refractivity contribution is 0.331. The van der Waals surface area contributed by atoms with Crippen LogP contribution in [0.25, 0.3) is 0 Å². The van der Waals surface area contributed by atoms with E-state index >= 15 is 0 Å². The van der Waals surface area contributed by atoms with Crippen molar-refractivity contribution in [3.63, 3.8) is 0 Å². The summed E-state index contributed by atoms with van der Waals surface area (Å²) < 4.78 is 0. The van der Waals surface area contributed by atoms with E-state index in [1.165, 1.54) is 47.9 Å². The van der Waals surface area contributed by atoms with Gasteiger partial charge in [0, 0.05) is 17.2 Å². The Bertz CT molecular complexity index is 985. The summed E-state index contributed by atoms with van der Waals surface area (Å²) in [5.41, 5.74) is 7.01. The molecule has 0 aromatic heterocycles. The molecule has 1 aliphatic rings. The molecule has 3 rings (SSSR count). The largest absolute Gasteiger partial charge is 0.508 e. The van der Waals surface area contributed by atoms with Crippen LogP contribution in [0.3, 0.4) is 0 Å². The van der Waals surface area contributed by atoms with E-state index in [2.05, 4.69) is 57.0 Å². The van der Waals surface area contributed by atoms with Crippen molar-refractivity contribution in [1.82, 2.24) is 0 Å². The number of phenols is 2. The van der Waals surface area contributed by atoms with Crippen molar-refractivity contribution in [2.45, 2.75) is 71.6 Å². The number of aryl methyl sites for hydroxylation is 1. The molecular weight excluding hydrogens is 360 g/mol. The Kier molecular flexibility index (Phi) is 5.57. The zero-order valence-corrected chi connectivity index (χ0v) is 18.4. The van der Waals surface area contributed by atoms with Gasteiger partial charge in [0.25, 0.3) is 0 Å². The molecular formula is C25H32N2O2. The highest BCUT2D eigenvalue weighted by atomic mass is 16.3. The van der Waals surface area contributed by atoms with Crippen LogP contribution >= 0.6 is 0 Å². The molecule has 0 amide bonds. The molecule has 2 aromatic rings. The van der Waals surface area contributed by atoms with Gasteiger partial charge in [-0.2, -0.15) is 10.2 Å². The van der Waals surface area contributed by atoms with Gasteiger partial charge < -0.3 is 10.2 Å². The van der Waals surface area contributed by atoms with Crippen LogP contribution < -0.4 is 0 Å². The van der Waals surface area contributed by atoms with Crippen molar-refractivity contribution in [3.8, 4) is 11.5 Å². The van der Waals surface area contributed by atoms with E-state index in [0.717, 1.165) is 17.7 Å². The van der Waals surface area contributed by atoms with E-state index in [1.807, 2.05) is 6.92 Å². The topological polar surface area (TPSA) is 65.2 Å². The quantitative estimate of drug-likeness (QED) is 0.506. The summed E-state index contributed by atoms with van der Waals surface area (Å²) in [7, 11) is 0. The average molecular weight is 393 g/mol. The summed E-state index contributed by atoms with van der Waals surface area (Å²) in [5, 5.41) is 27.9. The second kappa shape index (κ2) is 7.66. The number of benzene rings is 2. The molecule has 0 radical (unpaired) electrons. The molecule has 0 aliphatic heterocycles. The average Bonchev–Trinajstić information content (AvgIpc) is 2.66. The van der Waals surface area contributed by atoms with Crippen LogP contribution in [0.5, 0.6) is 11.5 Å². The predicted octanol–water partition coefficient (Wildman–Crippen LogP) is 5.85. The van der Waals surface area contributed by atoms with E-state index in [-0.39, 0.29) is 22.3 Å². The van der Waals surface area contributed by atoms with Crippen LogP contribution in [0.1, 0.15) is 82.2 Å². The molecule has 0 bridgehead atoms. The first kappa shape index (κ1) is 21.1. The Labute approximate surface area is 174 Å². The third-order valence-electron chi connectivity index (χ3n) is 6.27. The van der Waals surface area contributed by atoms with Crippen LogP contribution in [0.2, 0.25) is 0 Å². The molecule has 4 heteroatoms. The Morgan fingerprint density at radius 3 is 2.21 bits per heavy atom. The SMILES string of the molecule is CCc1cc2c(cc1/C(C)=N/N=C/c1ccc(O)cc1O)C(C)(C)CCC2(C)C. The maximum absolute atomic E-state index is 9.90. The molecule has 154 valence electrons. The van der Waals surface area contributed by atoms with Crippen molar-refractivity contribution in [1.29, 1.82) is 0 Å².